The fourth-order valence-electron chi connectivity index (χ4n) is 4.18. The summed E-state index contributed by atoms with van der Waals surface area (Å²) in [5.74, 6) is -4.07. The molecule has 1 aromatic heterocycles. The van der Waals surface area contributed by atoms with Crippen LogP contribution in [0.5, 0.6) is 5.75 Å². The molecule has 3 aromatic rings. The van der Waals surface area contributed by atoms with Crippen molar-refractivity contribution in [1.82, 2.24) is 9.88 Å². The number of para-hydroxylation sites is 1. The van der Waals surface area contributed by atoms with E-state index in [1.165, 1.54) is 36.7 Å². The zero-order valence-corrected chi connectivity index (χ0v) is 17.4. The smallest absolute Gasteiger partial charge is 0.259 e. The van der Waals surface area contributed by atoms with Gasteiger partial charge in [-0.1, -0.05) is 23.7 Å². The maximum Gasteiger partial charge on any atom is 0.259 e. The molecule has 1 aliphatic rings. The van der Waals surface area contributed by atoms with Crippen LogP contribution in [-0.4, -0.2) is 26.8 Å². The van der Waals surface area contributed by atoms with E-state index in [1.807, 2.05) is 0 Å². The number of nitrogens with two attached hydrogens (primary N) is 1. The molecule has 0 aliphatic heterocycles. The Morgan fingerprint density at radius 3 is 2.66 bits per heavy atom. The molecule has 0 bridgehead atoms. The van der Waals surface area contributed by atoms with Crippen LogP contribution >= 0.6 is 11.6 Å². The number of benzene rings is 2. The predicted octanol–water partition coefficient (Wildman–Crippen LogP) is 4.08. The van der Waals surface area contributed by atoms with Crippen LogP contribution < -0.4 is 5.73 Å². The number of nitrogens with zero attached hydrogens (tertiary/aromatic N) is 2. The Morgan fingerprint density at radius 1 is 1.19 bits per heavy atom. The summed E-state index contributed by atoms with van der Waals surface area (Å²) >= 11 is 6.07. The minimum absolute atomic E-state index is 0.131. The first-order valence-electron chi connectivity index (χ1n) is 9.76. The Labute approximate surface area is 187 Å². The minimum atomic E-state index is -1.31. The van der Waals surface area contributed by atoms with Crippen LogP contribution in [0.25, 0.3) is 0 Å². The third-order valence-corrected chi connectivity index (χ3v) is 5.78. The summed E-state index contributed by atoms with van der Waals surface area (Å²) in [5, 5.41) is 10.3. The number of amides is 2. The molecular weight excluding hydrogens is 440 g/mol. The van der Waals surface area contributed by atoms with E-state index in [1.54, 1.807) is 12.1 Å². The fourth-order valence-corrected chi connectivity index (χ4v) is 4.39. The molecule has 2 aromatic carbocycles. The molecule has 4 rings (SSSR count). The third-order valence-electron chi connectivity index (χ3n) is 5.56. The lowest BCUT2D eigenvalue weighted by molar-refractivity contribution is -0.123. The normalized spacial score (nSPS) is 15.8. The van der Waals surface area contributed by atoms with Gasteiger partial charge in [-0.25, -0.2) is 8.78 Å². The van der Waals surface area contributed by atoms with E-state index in [2.05, 4.69) is 4.98 Å². The zero-order chi connectivity index (χ0) is 23.0. The van der Waals surface area contributed by atoms with Crippen LogP contribution in [0.15, 0.2) is 54.9 Å². The van der Waals surface area contributed by atoms with E-state index in [-0.39, 0.29) is 17.0 Å². The highest BCUT2D eigenvalue weighted by atomic mass is 35.5. The molecule has 3 N–H and O–H groups in total. The molecule has 1 aliphatic carbocycles. The van der Waals surface area contributed by atoms with Gasteiger partial charge in [-0.05, 0) is 54.3 Å². The quantitative estimate of drug-likeness (QED) is 0.603. The molecule has 0 radical (unpaired) electrons. The molecular formula is C23H18ClF2N3O3. The Morgan fingerprint density at radius 2 is 1.97 bits per heavy atom. The molecule has 0 unspecified atom stereocenters. The summed E-state index contributed by atoms with van der Waals surface area (Å²) in [6, 6.07) is 7.26. The number of aromatic hydroxyl groups is 1. The van der Waals surface area contributed by atoms with Gasteiger partial charge in [0.2, 0.25) is 5.91 Å². The molecule has 0 spiro atoms. The monoisotopic (exact) mass is 457 g/mol. The second-order valence-corrected chi connectivity index (χ2v) is 7.89. The second-order valence-electron chi connectivity index (χ2n) is 7.45. The van der Waals surface area contributed by atoms with Crippen molar-refractivity contribution >= 4 is 23.4 Å². The van der Waals surface area contributed by atoms with Gasteiger partial charge in [-0.15, -0.1) is 0 Å². The molecule has 32 heavy (non-hydrogen) atoms. The van der Waals surface area contributed by atoms with Crippen LogP contribution in [0.1, 0.15) is 45.6 Å². The van der Waals surface area contributed by atoms with Gasteiger partial charge >= 0.3 is 0 Å². The Hall–Kier alpha value is -3.52. The van der Waals surface area contributed by atoms with Crippen LogP contribution in [0.4, 0.5) is 8.78 Å². The highest BCUT2D eigenvalue weighted by molar-refractivity contribution is 6.30. The minimum Gasteiger partial charge on any atom is -0.504 e. The lowest BCUT2D eigenvalue weighted by Gasteiger charge is -2.35. The SMILES string of the molecule is NC(=O)[C@@H](c1cccnc1)N(C(=O)c1cccc(F)c1O)[C@@H]1CCc2c(F)cc(Cl)cc21. The summed E-state index contributed by atoms with van der Waals surface area (Å²) < 4.78 is 28.6. The number of carbonyl (C=O) groups is 2. The molecule has 164 valence electrons. The Bertz CT molecular complexity index is 1210. The number of carbonyl (C=O) groups excluding carboxylic acids is 2. The highest BCUT2D eigenvalue weighted by Gasteiger charge is 2.41. The van der Waals surface area contributed by atoms with Crippen molar-refractivity contribution in [3.63, 3.8) is 0 Å². The van der Waals surface area contributed by atoms with Gasteiger partial charge in [0.25, 0.3) is 5.91 Å². The third kappa shape index (κ3) is 3.78. The van der Waals surface area contributed by atoms with E-state index >= 15 is 0 Å². The van der Waals surface area contributed by atoms with Crippen molar-refractivity contribution in [2.24, 2.45) is 5.73 Å². The first-order valence-corrected chi connectivity index (χ1v) is 10.1. The zero-order valence-electron chi connectivity index (χ0n) is 16.6. The van der Waals surface area contributed by atoms with Crippen LogP contribution in [0.2, 0.25) is 5.02 Å². The van der Waals surface area contributed by atoms with Crippen molar-refractivity contribution in [1.29, 1.82) is 0 Å². The number of pyridine rings is 1. The van der Waals surface area contributed by atoms with E-state index in [0.717, 1.165) is 11.0 Å². The first kappa shape index (κ1) is 21.7. The van der Waals surface area contributed by atoms with E-state index in [9.17, 15) is 23.5 Å². The number of hydrogen-bond donors (Lipinski definition) is 2. The highest BCUT2D eigenvalue weighted by Crippen LogP contribution is 2.43. The van der Waals surface area contributed by atoms with Crippen LogP contribution in [0, 0.1) is 11.6 Å². The maximum atomic E-state index is 14.5. The molecule has 2 amide bonds. The number of phenols is 1. The topological polar surface area (TPSA) is 96.5 Å². The number of phenolic OH excluding ortho intramolecular Hbond substituents is 1. The predicted molar refractivity (Wildman–Crippen MR) is 113 cm³/mol. The molecule has 0 fully saturated rings. The molecule has 6 nitrogen and oxygen atoms in total. The summed E-state index contributed by atoms with van der Waals surface area (Å²) in [6.45, 7) is 0. The van der Waals surface area contributed by atoms with Crippen LogP contribution in [-0.2, 0) is 11.2 Å². The fraction of sp³-hybridized carbons (Fsp3) is 0.174. The average Bonchev–Trinajstić information content (AvgIpc) is 3.17. The summed E-state index contributed by atoms with van der Waals surface area (Å²) in [4.78, 5) is 31.4. The van der Waals surface area contributed by atoms with E-state index in [4.69, 9.17) is 17.3 Å². The van der Waals surface area contributed by atoms with Gasteiger partial charge in [0.1, 0.15) is 11.9 Å². The molecule has 2 atom stereocenters. The second kappa shape index (κ2) is 8.55. The number of aromatic nitrogens is 1. The van der Waals surface area contributed by atoms with Gasteiger partial charge < -0.3 is 15.7 Å². The number of hydrogen-bond acceptors (Lipinski definition) is 4. The maximum absolute atomic E-state index is 14.5. The van der Waals surface area contributed by atoms with Gasteiger partial charge in [0.05, 0.1) is 11.6 Å². The standard InChI is InChI=1S/C23H18ClF2N3O3/c24-13-9-16-14(18(26)10-13)6-7-19(16)29(20(22(27)31)12-3-2-8-28-11-12)23(32)15-4-1-5-17(25)21(15)30/h1-5,8-11,19-20,30H,6-7H2,(H2,27,31)/t19-,20-/m1/s1. The van der Waals surface area contributed by atoms with Gasteiger partial charge in [0, 0.05) is 23.0 Å². The number of rotatable bonds is 5. The lowest BCUT2D eigenvalue weighted by Crippen LogP contribution is -2.43. The molecule has 9 heteroatoms. The van der Waals surface area contributed by atoms with Crippen molar-refractivity contribution in [3.8, 4) is 5.75 Å². The van der Waals surface area contributed by atoms with Gasteiger partial charge in [0.15, 0.2) is 11.6 Å². The van der Waals surface area contributed by atoms with Crippen molar-refractivity contribution in [3.05, 3.63) is 93.8 Å². The van der Waals surface area contributed by atoms with Gasteiger partial charge in [-0.2, -0.15) is 0 Å². The van der Waals surface area contributed by atoms with Gasteiger partial charge in [-0.3, -0.25) is 14.6 Å². The number of primary amides is 1. The van der Waals surface area contributed by atoms with Crippen molar-refractivity contribution in [2.75, 3.05) is 0 Å². The average molecular weight is 458 g/mol. The van der Waals surface area contributed by atoms with E-state index in [0.29, 0.717) is 23.1 Å². The number of fused-ring (bicyclic) bond motifs is 1. The summed E-state index contributed by atoms with van der Waals surface area (Å²) in [6.07, 6.45) is 3.45. The molecule has 1 heterocycles. The molecule has 0 saturated heterocycles. The molecule has 0 saturated carbocycles. The lowest BCUT2D eigenvalue weighted by atomic mass is 9.98. The van der Waals surface area contributed by atoms with Crippen molar-refractivity contribution < 1.29 is 23.5 Å². The summed E-state index contributed by atoms with van der Waals surface area (Å²) in [5.41, 5.74) is 6.47. The Balaban J connectivity index is 1.91. The van der Waals surface area contributed by atoms with Crippen LogP contribution in [0.3, 0.4) is 0 Å². The van der Waals surface area contributed by atoms with Crippen molar-refractivity contribution in [2.45, 2.75) is 24.9 Å². The largest absolute Gasteiger partial charge is 0.504 e. The number of halogens is 3. The van der Waals surface area contributed by atoms with E-state index < -0.39 is 41.3 Å². The Kier molecular flexibility index (Phi) is 5.80. The first-order chi connectivity index (χ1) is 15.3. The summed E-state index contributed by atoms with van der Waals surface area (Å²) in [7, 11) is 0.